The molecular weight excluding hydrogens is 318 g/mol. The molecule has 2 N–H and O–H groups in total. The number of hydrogen-bond donors (Lipinski definition) is 2. The van der Waals surface area contributed by atoms with Crippen molar-refractivity contribution in [2.45, 2.75) is 31.7 Å². The summed E-state index contributed by atoms with van der Waals surface area (Å²) >= 11 is 0. The second-order valence-corrected chi connectivity index (χ2v) is 7.24. The number of fused-ring (bicyclic) bond motifs is 3. The quantitative estimate of drug-likeness (QED) is 0.766. The minimum Gasteiger partial charge on any atom is -0.449 e. The van der Waals surface area contributed by atoms with Gasteiger partial charge >= 0.3 is 6.09 Å². The summed E-state index contributed by atoms with van der Waals surface area (Å²) in [6.07, 6.45) is 10.3. The monoisotopic (exact) mass is 337 g/mol. The molecule has 1 fully saturated rings. The Morgan fingerprint density at radius 3 is 3.12 bits per heavy atom. The first-order valence-corrected chi connectivity index (χ1v) is 8.57. The van der Waals surface area contributed by atoms with Crippen LogP contribution in [0, 0.1) is 5.92 Å². The van der Waals surface area contributed by atoms with Crippen LogP contribution in [0.3, 0.4) is 0 Å². The molecule has 128 valence electrons. The van der Waals surface area contributed by atoms with Crippen molar-refractivity contribution >= 4 is 33.9 Å². The van der Waals surface area contributed by atoms with E-state index in [0.29, 0.717) is 12.5 Å². The predicted octanol–water partition coefficient (Wildman–Crippen LogP) is 3.05. The molecule has 0 saturated heterocycles. The molecule has 2 aliphatic carbocycles. The molecule has 0 aliphatic heterocycles. The second-order valence-electron chi connectivity index (χ2n) is 7.24. The normalized spacial score (nSPS) is 22.7. The van der Waals surface area contributed by atoms with Crippen LogP contribution >= 0.6 is 0 Å². The lowest BCUT2D eigenvalue weighted by atomic mass is 9.84. The third kappa shape index (κ3) is 2.47. The topological polar surface area (TPSA) is 84.8 Å². The minimum atomic E-state index is -0.378. The maximum absolute atomic E-state index is 11.9. The molecule has 7 nitrogen and oxygen atoms in total. The number of aromatic nitrogens is 4. The number of aromatic amines is 1. The number of pyridine rings is 1. The molecule has 0 aromatic carbocycles. The first kappa shape index (κ1) is 14.5. The van der Waals surface area contributed by atoms with Gasteiger partial charge in [0.25, 0.3) is 0 Å². The van der Waals surface area contributed by atoms with Gasteiger partial charge in [0.2, 0.25) is 0 Å². The maximum atomic E-state index is 11.9. The van der Waals surface area contributed by atoms with Crippen LogP contribution in [0.1, 0.15) is 26.2 Å². The van der Waals surface area contributed by atoms with Gasteiger partial charge in [-0.25, -0.2) is 14.8 Å². The van der Waals surface area contributed by atoms with E-state index >= 15 is 0 Å². The lowest BCUT2D eigenvalue weighted by Crippen LogP contribution is -2.49. The van der Waals surface area contributed by atoms with Gasteiger partial charge in [0.1, 0.15) is 17.5 Å². The van der Waals surface area contributed by atoms with E-state index in [0.717, 1.165) is 34.2 Å². The highest BCUT2D eigenvalue weighted by Gasteiger charge is 2.36. The van der Waals surface area contributed by atoms with Crippen LogP contribution in [0.25, 0.3) is 27.8 Å². The summed E-state index contributed by atoms with van der Waals surface area (Å²) < 4.78 is 7.35. The highest BCUT2D eigenvalue weighted by Crippen LogP contribution is 2.37. The molecule has 3 heterocycles. The Labute approximate surface area is 144 Å². The molecule has 0 radical (unpaired) electrons. The standard InChI is InChI=1S/C18H19N5O2/c1-18(22-17(24)25-9-11-2-3-11)6-12(7-18)23-10-21-14-8-20-16-13(15(14)23)4-5-19-16/h4-6,8,10-11H,2-3,7,9H2,1H3,(H,19,20)(H,22,24). The summed E-state index contributed by atoms with van der Waals surface area (Å²) in [5.41, 5.74) is 3.48. The summed E-state index contributed by atoms with van der Waals surface area (Å²) in [4.78, 5) is 23.9. The molecule has 1 atom stereocenters. The van der Waals surface area contributed by atoms with Crippen molar-refractivity contribution in [2.24, 2.45) is 5.92 Å². The highest BCUT2D eigenvalue weighted by atomic mass is 16.5. The number of nitrogens with zero attached hydrogens (tertiary/aromatic N) is 3. The minimum absolute atomic E-state index is 0.336. The smallest absolute Gasteiger partial charge is 0.407 e. The van der Waals surface area contributed by atoms with Gasteiger partial charge in [-0.2, -0.15) is 0 Å². The predicted molar refractivity (Wildman–Crippen MR) is 93.9 cm³/mol. The number of rotatable bonds is 4. The Hall–Kier alpha value is -2.83. The SMILES string of the molecule is CC1(NC(=O)OCC2CC2)C=C(n2cnc3cnc4[nH]ccc4c32)C1. The van der Waals surface area contributed by atoms with Crippen molar-refractivity contribution in [1.29, 1.82) is 0 Å². The van der Waals surface area contributed by atoms with E-state index in [9.17, 15) is 4.79 Å². The van der Waals surface area contributed by atoms with Crippen LogP contribution in [0.15, 0.2) is 30.9 Å². The summed E-state index contributed by atoms with van der Waals surface area (Å²) in [5.74, 6) is 0.570. The zero-order chi connectivity index (χ0) is 17.0. The van der Waals surface area contributed by atoms with Crippen molar-refractivity contribution in [1.82, 2.24) is 24.8 Å². The van der Waals surface area contributed by atoms with Crippen LogP contribution in [-0.2, 0) is 4.74 Å². The zero-order valence-electron chi connectivity index (χ0n) is 14.0. The van der Waals surface area contributed by atoms with E-state index in [4.69, 9.17) is 4.74 Å². The lowest BCUT2D eigenvalue weighted by Gasteiger charge is -2.37. The third-order valence-electron chi connectivity index (χ3n) is 4.97. The van der Waals surface area contributed by atoms with Gasteiger partial charge in [0.15, 0.2) is 0 Å². The Kier molecular flexibility index (Phi) is 2.95. The average Bonchev–Trinajstić information content (AvgIpc) is 3.09. The first-order valence-electron chi connectivity index (χ1n) is 8.57. The van der Waals surface area contributed by atoms with Crippen LogP contribution < -0.4 is 5.32 Å². The van der Waals surface area contributed by atoms with Gasteiger partial charge in [-0.05, 0) is 37.8 Å². The van der Waals surface area contributed by atoms with E-state index in [1.807, 2.05) is 25.5 Å². The molecule has 0 bridgehead atoms. The van der Waals surface area contributed by atoms with E-state index in [-0.39, 0.29) is 11.6 Å². The Morgan fingerprint density at radius 1 is 1.48 bits per heavy atom. The van der Waals surface area contributed by atoms with Crippen LogP contribution in [0.5, 0.6) is 0 Å². The molecule has 3 aromatic rings. The lowest BCUT2D eigenvalue weighted by molar-refractivity contribution is 0.132. The van der Waals surface area contributed by atoms with Crippen molar-refractivity contribution in [3.05, 3.63) is 30.9 Å². The number of hydrogen-bond acceptors (Lipinski definition) is 4. The van der Waals surface area contributed by atoms with Gasteiger partial charge in [-0.15, -0.1) is 0 Å². The molecule has 1 saturated carbocycles. The highest BCUT2D eigenvalue weighted by molar-refractivity contribution is 6.02. The molecule has 3 aromatic heterocycles. The molecule has 7 heteroatoms. The van der Waals surface area contributed by atoms with Gasteiger partial charge in [-0.3, -0.25) is 0 Å². The molecule has 1 amide bonds. The van der Waals surface area contributed by atoms with Gasteiger partial charge in [-0.1, -0.05) is 0 Å². The number of amides is 1. The number of imidazole rings is 1. The van der Waals surface area contributed by atoms with Gasteiger partial charge in [0, 0.05) is 23.7 Å². The summed E-state index contributed by atoms with van der Waals surface area (Å²) in [7, 11) is 0. The summed E-state index contributed by atoms with van der Waals surface area (Å²) in [6, 6.07) is 2.01. The zero-order valence-corrected chi connectivity index (χ0v) is 14.0. The van der Waals surface area contributed by atoms with Crippen molar-refractivity contribution < 1.29 is 9.53 Å². The van der Waals surface area contributed by atoms with Crippen LogP contribution in [0.4, 0.5) is 4.79 Å². The number of ether oxygens (including phenoxy) is 1. The molecule has 5 rings (SSSR count). The Balaban J connectivity index is 1.39. The molecule has 2 aliphatic rings. The molecule has 1 unspecified atom stereocenters. The number of nitrogens with one attached hydrogen (secondary N) is 2. The maximum Gasteiger partial charge on any atom is 0.407 e. The van der Waals surface area contributed by atoms with Gasteiger partial charge < -0.3 is 19.6 Å². The van der Waals surface area contributed by atoms with E-state index in [1.54, 1.807) is 6.20 Å². The average molecular weight is 337 g/mol. The second kappa shape index (κ2) is 5.08. The number of alkyl carbamates (subject to hydrolysis) is 1. The Bertz CT molecular complexity index is 1010. The van der Waals surface area contributed by atoms with E-state index in [2.05, 4.69) is 30.9 Å². The fourth-order valence-corrected chi connectivity index (χ4v) is 3.42. The Morgan fingerprint density at radius 2 is 2.32 bits per heavy atom. The molecule has 25 heavy (non-hydrogen) atoms. The fraction of sp³-hybridized carbons (Fsp3) is 0.389. The summed E-state index contributed by atoms with van der Waals surface area (Å²) in [5, 5.41) is 4.00. The van der Waals surface area contributed by atoms with Crippen LogP contribution in [-0.4, -0.2) is 37.8 Å². The number of carbonyl (C=O) groups is 1. The molecule has 0 spiro atoms. The largest absolute Gasteiger partial charge is 0.449 e. The third-order valence-corrected chi connectivity index (χ3v) is 4.97. The van der Waals surface area contributed by atoms with Gasteiger partial charge in [0.05, 0.1) is 23.9 Å². The first-order chi connectivity index (χ1) is 12.1. The van der Waals surface area contributed by atoms with Crippen LogP contribution in [0.2, 0.25) is 0 Å². The fourth-order valence-electron chi connectivity index (χ4n) is 3.42. The molecular formula is C18H19N5O2. The van der Waals surface area contributed by atoms with E-state index in [1.165, 1.54) is 12.8 Å². The van der Waals surface area contributed by atoms with Crippen molar-refractivity contribution in [3.8, 4) is 0 Å². The summed E-state index contributed by atoms with van der Waals surface area (Å²) in [6.45, 7) is 2.53. The number of carbonyl (C=O) groups excluding carboxylic acids is 1. The van der Waals surface area contributed by atoms with Crippen molar-refractivity contribution in [3.63, 3.8) is 0 Å². The van der Waals surface area contributed by atoms with Crippen molar-refractivity contribution in [2.75, 3.05) is 6.61 Å². The van der Waals surface area contributed by atoms with E-state index < -0.39 is 0 Å². The number of H-pyrrole nitrogens is 1.